The van der Waals surface area contributed by atoms with Gasteiger partial charge in [-0.3, -0.25) is 10.1 Å². The van der Waals surface area contributed by atoms with Gasteiger partial charge in [-0.05, 0) is 42.0 Å². The molecule has 0 bridgehead atoms. The standard InChI is InChI=1S/C20H18N2O4/c1-11-9-12(22(25)26)10-17-13-7-4-8-14(13)19(21-18(11)17)15-5-2-3-6-16(15)20(23)24/h2-7,9-10,13-14,19,21H,8H2,1H3,(H,23,24)/t13-,14-,19-/m0/s1. The third kappa shape index (κ3) is 2.45. The first-order valence-corrected chi connectivity index (χ1v) is 8.51. The number of hydrogen-bond donors (Lipinski definition) is 2. The molecule has 0 fully saturated rings. The van der Waals surface area contributed by atoms with Crippen LogP contribution < -0.4 is 5.32 Å². The molecule has 1 heterocycles. The Morgan fingerprint density at radius 3 is 2.77 bits per heavy atom. The second-order valence-corrected chi connectivity index (χ2v) is 6.85. The second kappa shape index (κ2) is 5.98. The lowest BCUT2D eigenvalue weighted by Gasteiger charge is -2.38. The Morgan fingerprint density at radius 2 is 2.04 bits per heavy atom. The fourth-order valence-electron chi connectivity index (χ4n) is 4.24. The molecular formula is C20H18N2O4. The Labute approximate surface area is 150 Å². The van der Waals surface area contributed by atoms with Crippen LogP contribution in [0.15, 0.2) is 48.6 Å². The summed E-state index contributed by atoms with van der Waals surface area (Å²) in [6, 6.07) is 10.1. The van der Waals surface area contributed by atoms with Crippen molar-refractivity contribution in [3.63, 3.8) is 0 Å². The number of aromatic carboxylic acids is 1. The highest BCUT2D eigenvalue weighted by Crippen LogP contribution is 2.51. The van der Waals surface area contributed by atoms with Crippen molar-refractivity contribution < 1.29 is 14.8 Å². The zero-order valence-electron chi connectivity index (χ0n) is 14.2. The number of hydrogen-bond acceptors (Lipinski definition) is 4. The number of nitro groups is 1. The van der Waals surface area contributed by atoms with Crippen LogP contribution in [0.4, 0.5) is 11.4 Å². The Balaban J connectivity index is 1.86. The van der Waals surface area contributed by atoms with E-state index in [1.165, 1.54) is 0 Å². The first kappa shape index (κ1) is 16.3. The largest absolute Gasteiger partial charge is 0.478 e. The number of nitrogens with zero attached hydrogens (tertiary/aromatic N) is 1. The maximum atomic E-state index is 11.7. The smallest absolute Gasteiger partial charge is 0.336 e. The van der Waals surface area contributed by atoms with Gasteiger partial charge in [0.15, 0.2) is 0 Å². The highest BCUT2D eigenvalue weighted by molar-refractivity contribution is 5.90. The van der Waals surface area contributed by atoms with E-state index in [0.29, 0.717) is 5.56 Å². The number of allylic oxidation sites excluding steroid dienone is 2. The monoisotopic (exact) mass is 350 g/mol. The molecule has 0 spiro atoms. The van der Waals surface area contributed by atoms with Crippen LogP contribution in [-0.4, -0.2) is 16.0 Å². The van der Waals surface area contributed by atoms with Crippen LogP contribution >= 0.6 is 0 Å². The Hall–Kier alpha value is -3.15. The van der Waals surface area contributed by atoms with Crippen LogP contribution in [0.1, 0.15) is 45.4 Å². The average Bonchev–Trinajstić information content (AvgIpc) is 3.11. The summed E-state index contributed by atoms with van der Waals surface area (Å²) in [4.78, 5) is 22.5. The van der Waals surface area contributed by atoms with Crippen LogP contribution in [0.3, 0.4) is 0 Å². The van der Waals surface area contributed by atoms with Gasteiger partial charge in [-0.15, -0.1) is 0 Å². The van der Waals surface area contributed by atoms with Crippen LogP contribution in [0.25, 0.3) is 0 Å². The number of carboxylic acids is 1. The molecule has 132 valence electrons. The summed E-state index contributed by atoms with van der Waals surface area (Å²) in [6.07, 6.45) is 4.97. The number of nitrogens with one attached hydrogen (secondary N) is 1. The fraction of sp³-hybridized carbons (Fsp3) is 0.250. The van der Waals surface area contributed by atoms with Crippen molar-refractivity contribution in [2.75, 3.05) is 5.32 Å². The first-order chi connectivity index (χ1) is 12.5. The van der Waals surface area contributed by atoms with Crippen molar-refractivity contribution in [2.45, 2.75) is 25.3 Å². The maximum Gasteiger partial charge on any atom is 0.336 e. The number of benzene rings is 2. The number of aryl methyl sites for hydroxylation is 1. The minimum Gasteiger partial charge on any atom is -0.478 e. The van der Waals surface area contributed by atoms with E-state index in [1.807, 2.05) is 19.1 Å². The van der Waals surface area contributed by atoms with Crippen LogP contribution in [0.5, 0.6) is 0 Å². The van der Waals surface area contributed by atoms with E-state index in [4.69, 9.17) is 0 Å². The van der Waals surface area contributed by atoms with Crippen molar-refractivity contribution in [1.29, 1.82) is 0 Å². The predicted octanol–water partition coefficient (Wildman–Crippen LogP) is 4.43. The lowest BCUT2D eigenvalue weighted by Crippen LogP contribution is -2.30. The molecule has 1 aliphatic carbocycles. The molecule has 2 aromatic rings. The number of non-ortho nitro benzene ring substituents is 1. The molecule has 3 atom stereocenters. The van der Waals surface area contributed by atoms with Crippen molar-refractivity contribution in [3.05, 3.63) is 80.9 Å². The average molecular weight is 350 g/mol. The predicted molar refractivity (Wildman–Crippen MR) is 97.6 cm³/mol. The summed E-state index contributed by atoms with van der Waals surface area (Å²) in [6.45, 7) is 1.85. The molecule has 1 aliphatic heterocycles. The number of carboxylic acid groups (broad SMARTS) is 1. The van der Waals surface area contributed by atoms with E-state index >= 15 is 0 Å². The molecule has 2 aromatic carbocycles. The summed E-state index contributed by atoms with van der Waals surface area (Å²) >= 11 is 0. The van der Waals surface area contributed by atoms with Gasteiger partial charge in [0, 0.05) is 23.7 Å². The number of rotatable bonds is 3. The Morgan fingerprint density at radius 1 is 1.27 bits per heavy atom. The fourth-order valence-corrected chi connectivity index (χ4v) is 4.24. The van der Waals surface area contributed by atoms with Crippen LogP contribution in [0.2, 0.25) is 0 Å². The minimum absolute atomic E-state index is 0.0386. The molecule has 0 aromatic heterocycles. The summed E-state index contributed by atoms with van der Waals surface area (Å²) in [7, 11) is 0. The summed E-state index contributed by atoms with van der Waals surface area (Å²) < 4.78 is 0. The Kier molecular flexibility index (Phi) is 3.76. The molecule has 0 saturated carbocycles. The van der Waals surface area contributed by atoms with Gasteiger partial charge < -0.3 is 10.4 Å². The van der Waals surface area contributed by atoms with Gasteiger partial charge in [-0.25, -0.2) is 4.79 Å². The highest BCUT2D eigenvalue weighted by Gasteiger charge is 2.40. The molecule has 2 aliphatic rings. The molecule has 6 heteroatoms. The van der Waals surface area contributed by atoms with E-state index in [2.05, 4.69) is 17.5 Å². The van der Waals surface area contributed by atoms with E-state index in [1.54, 1.807) is 24.3 Å². The number of anilines is 1. The van der Waals surface area contributed by atoms with Crippen molar-refractivity contribution in [2.24, 2.45) is 5.92 Å². The zero-order valence-corrected chi connectivity index (χ0v) is 14.2. The molecule has 0 amide bonds. The molecule has 26 heavy (non-hydrogen) atoms. The number of nitro benzene ring substituents is 1. The summed E-state index contributed by atoms with van der Waals surface area (Å²) in [5.41, 5.74) is 3.71. The van der Waals surface area contributed by atoms with Crippen LogP contribution in [-0.2, 0) is 0 Å². The molecule has 0 unspecified atom stereocenters. The van der Waals surface area contributed by atoms with Gasteiger partial charge in [0.1, 0.15) is 0 Å². The lowest BCUT2D eigenvalue weighted by molar-refractivity contribution is -0.385. The molecule has 0 radical (unpaired) electrons. The SMILES string of the molecule is Cc1cc([N+](=O)[O-])cc2c1N[C@H](c1ccccc1C(=O)O)[C@H]1CC=C[C@H]21. The number of fused-ring (bicyclic) bond motifs is 3. The first-order valence-electron chi connectivity index (χ1n) is 8.51. The normalized spacial score (nSPS) is 23.0. The molecule has 2 N–H and O–H groups in total. The van der Waals surface area contributed by atoms with Crippen molar-refractivity contribution in [3.8, 4) is 0 Å². The zero-order chi connectivity index (χ0) is 18.4. The highest BCUT2D eigenvalue weighted by atomic mass is 16.6. The van der Waals surface area contributed by atoms with E-state index in [9.17, 15) is 20.0 Å². The Bertz CT molecular complexity index is 951. The molecule has 6 nitrogen and oxygen atoms in total. The van der Waals surface area contributed by atoms with E-state index in [-0.39, 0.29) is 28.5 Å². The molecule has 4 rings (SSSR count). The van der Waals surface area contributed by atoms with Gasteiger partial charge in [-0.2, -0.15) is 0 Å². The topological polar surface area (TPSA) is 92.5 Å². The van der Waals surface area contributed by atoms with Gasteiger partial charge in [0.05, 0.1) is 16.5 Å². The van der Waals surface area contributed by atoms with Gasteiger partial charge in [-0.1, -0.05) is 30.4 Å². The van der Waals surface area contributed by atoms with Crippen molar-refractivity contribution in [1.82, 2.24) is 0 Å². The van der Waals surface area contributed by atoms with Gasteiger partial charge >= 0.3 is 5.97 Å². The minimum atomic E-state index is -0.948. The second-order valence-electron chi connectivity index (χ2n) is 6.85. The molecule has 0 saturated heterocycles. The summed E-state index contributed by atoms with van der Waals surface area (Å²) in [5.74, 6) is -0.780. The molecular weight excluding hydrogens is 332 g/mol. The summed E-state index contributed by atoms with van der Waals surface area (Å²) in [5, 5.41) is 24.3. The van der Waals surface area contributed by atoms with E-state index in [0.717, 1.165) is 28.8 Å². The van der Waals surface area contributed by atoms with Crippen molar-refractivity contribution >= 4 is 17.3 Å². The third-order valence-electron chi connectivity index (χ3n) is 5.39. The quantitative estimate of drug-likeness (QED) is 0.485. The number of carbonyl (C=O) groups is 1. The third-order valence-corrected chi connectivity index (χ3v) is 5.39. The maximum absolute atomic E-state index is 11.7. The lowest BCUT2D eigenvalue weighted by atomic mass is 9.75. The van der Waals surface area contributed by atoms with E-state index < -0.39 is 5.97 Å². The van der Waals surface area contributed by atoms with Crippen LogP contribution in [0, 0.1) is 23.0 Å². The van der Waals surface area contributed by atoms with Gasteiger partial charge in [0.2, 0.25) is 0 Å². The van der Waals surface area contributed by atoms with Gasteiger partial charge in [0.25, 0.3) is 5.69 Å².